The number of likely N-dealkylation sites (tertiary alicyclic amines) is 1. The second-order valence-corrected chi connectivity index (χ2v) is 6.47. The maximum Gasteiger partial charge on any atom is 0.231 e. The van der Waals surface area contributed by atoms with E-state index in [1.165, 1.54) is 6.07 Å². The Morgan fingerprint density at radius 3 is 2.73 bits per heavy atom. The summed E-state index contributed by atoms with van der Waals surface area (Å²) in [6.45, 7) is 4.32. The number of ether oxygens (including phenoxy) is 1. The van der Waals surface area contributed by atoms with Gasteiger partial charge in [-0.15, -0.1) is 0 Å². The average molecular weight is 365 g/mol. The lowest BCUT2D eigenvalue weighted by molar-refractivity contribution is -0.119. The highest BCUT2D eigenvalue weighted by Gasteiger charge is 2.21. The first kappa shape index (κ1) is 20.0. The lowest BCUT2D eigenvalue weighted by Gasteiger charge is -2.32. The second-order valence-electron chi connectivity index (χ2n) is 6.47. The van der Waals surface area contributed by atoms with Crippen LogP contribution in [0.15, 0.2) is 29.3 Å². The Kier molecular flexibility index (Phi) is 7.65. The molecule has 1 heterocycles. The topological polar surface area (TPSA) is 92.0 Å². The Morgan fingerprint density at radius 2 is 2.12 bits per heavy atom. The van der Waals surface area contributed by atoms with Crippen LogP contribution in [0, 0.1) is 5.82 Å². The summed E-state index contributed by atoms with van der Waals surface area (Å²) in [4.78, 5) is 17.3. The number of para-hydroxylation sites is 1. The summed E-state index contributed by atoms with van der Waals surface area (Å²) in [5.41, 5.74) is 5.23. The van der Waals surface area contributed by atoms with Gasteiger partial charge >= 0.3 is 0 Å². The number of hydrogen-bond donors (Lipinski definition) is 3. The van der Waals surface area contributed by atoms with Crippen LogP contribution in [-0.4, -0.2) is 62.1 Å². The fourth-order valence-electron chi connectivity index (χ4n) is 2.88. The van der Waals surface area contributed by atoms with Gasteiger partial charge in [-0.05, 0) is 31.9 Å². The highest BCUT2D eigenvalue weighted by Crippen LogP contribution is 2.16. The number of carbonyl (C=O) groups excluding carboxylic acids is 1. The Balaban J connectivity index is 1.73. The fourth-order valence-corrected chi connectivity index (χ4v) is 2.88. The molecule has 1 amide bonds. The van der Waals surface area contributed by atoms with Gasteiger partial charge in [0.05, 0.1) is 13.1 Å². The molecule has 1 aliphatic rings. The van der Waals surface area contributed by atoms with Crippen molar-refractivity contribution >= 4 is 11.9 Å². The lowest BCUT2D eigenvalue weighted by atomic mass is 10.1. The minimum absolute atomic E-state index is 0.220. The zero-order valence-electron chi connectivity index (χ0n) is 15.4. The van der Waals surface area contributed by atoms with Crippen LogP contribution in [0.2, 0.25) is 0 Å². The molecular weight excluding hydrogens is 337 g/mol. The zero-order valence-corrected chi connectivity index (χ0v) is 15.4. The molecule has 0 radical (unpaired) electrons. The highest BCUT2D eigenvalue weighted by molar-refractivity contribution is 5.80. The minimum atomic E-state index is -0.371. The van der Waals surface area contributed by atoms with Gasteiger partial charge in [0, 0.05) is 26.2 Å². The lowest BCUT2D eigenvalue weighted by Crippen LogP contribution is -2.50. The SMILES string of the molecule is CN=C(NCC(C)Oc1ccccc1F)NC1CCN(CC(N)=O)CC1. The maximum atomic E-state index is 13.6. The number of rotatable bonds is 7. The highest BCUT2D eigenvalue weighted by atomic mass is 19.1. The molecule has 1 aromatic carbocycles. The summed E-state index contributed by atoms with van der Waals surface area (Å²) in [6.07, 6.45) is 1.60. The van der Waals surface area contributed by atoms with E-state index in [2.05, 4.69) is 20.5 Å². The van der Waals surface area contributed by atoms with Gasteiger partial charge in [0.2, 0.25) is 5.91 Å². The summed E-state index contributed by atoms with van der Waals surface area (Å²) < 4.78 is 19.2. The van der Waals surface area contributed by atoms with E-state index in [4.69, 9.17) is 10.5 Å². The molecular formula is C18H28FN5O2. The number of primary amides is 1. The summed E-state index contributed by atoms with van der Waals surface area (Å²) >= 11 is 0. The van der Waals surface area contributed by atoms with Gasteiger partial charge in [0.15, 0.2) is 17.5 Å². The fraction of sp³-hybridized carbons (Fsp3) is 0.556. The normalized spacial score (nSPS) is 17.6. The standard InChI is InChI=1S/C18H28FN5O2/c1-13(26-16-6-4-3-5-15(16)19)11-22-18(21-2)23-14-7-9-24(10-8-14)12-17(20)25/h3-6,13-14H,7-12H2,1-2H3,(H2,20,25)(H2,21,22,23). The Bertz CT molecular complexity index is 617. The van der Waals surface area contributed by atoms with E-state index in [0.717, 1.165) is 25.9 Å². The number of carbonyl (C=O) groups is 1. The number of piperidine rings is 1. The van der Waals surface area contributed by atoms with E-state index in [0.29, 0.717) is 19.0 Å². The Labute approximate surface area is 153 Å². The second kappa shape index (κ2) is 9.96. The predicted molar refractivity (Wildman–Crippen MR) is 99.6 cm³/mol. The van der Waals surface area contributed by atoms with E-state index >= 15 is 0 Å². The molecule has 0 spiro atoms. The summed E-state index contributed by atoms with van der Waals surface area (Å²) in [6, 6.07) is 6.64. The molecule has 144 valence electrons. The first-order chi connectivity index (χ1) is 12.5. The van der Waals surface area contributed by atoms with Crippen molar-refractivity contribution in [3.63, 3.8) is 0 Å². The van der Waals surface area contributed by atoms with Crippen LogP contribution in [0.3, 0.4) is 0 Å². The smallest absolute Gasteiger partial charge is 0.231 e. The minimum Gasteiger partial charge on any atom is -0.486 e. The van der Waals surface area contributed by atoms with Gasteiger partial charge in [0.1, 0.15) is 6.10 Å². The molecule has 26 heavy (non-hydrogen) atoms. The van der Waals surface area contributed by atoms with Gasteiger partial charge in [0.25, 0.3) is 0 Å². The largest absolute Gasteiger partial charge is 0.486 e. The van der Waals surface area contributed by atoms with Crippen LogP contribution < -0.4 is 21.1 Å². The molecule has 7 nitrogen and oxygen atoms in total. The first-order valence-electron chi connectivity index (χ1n) is 8.87. The van der Waals surface area contributed by atoms with E-state index < -0.39 is 0 Å². The first-order valence-corrected chi connectivity index (χ1v) is 8.87. The van der Waals surface area contributed by atoms with Gasteiger partial charge in [-0.2, -0.15) is 0 Å². The van der Waals surface area contributed by atoms with Crippen LogP contribution in [0.4, 0.5) is 4.39 Å². The molecule has 8 heteroatoms. The van der Waals surface area contributed by atoms with E-state index in [1.807, 2.05) is 6.92 Å². The molecule has 1 unspecified atom stereocenters. The van der Waals surface area contributed by atoms with Crippen LogP contribution in [0.5, 0.6) is 5.75 Å². The van der Waals surface area contributed by atoms with Gasteiger partial charge < -0.3 is 21.1 Å². The molecule has 4 N–H and O–H groups in total. The molecule has 2 rings (SSSR count). The van der Waals surface area contributed by atoms with E-state index in [1.54, 1.807) is 25.2 Å². The van der Waals surface area contributed by atoms with Crippen LogP contribution in [0.1, 0.15) is 19.8 Å². The van der Waals surface area contributed by atoms with Crippen LogP contribution in [0.25, 0.3) is 0 Å². The Hall–Kier alpha value is -2.35. The summed E-state index contributed by atoms with van der Waals surface area (Å²) in [5, 5.41) is 6.58. The molecule has 1 saturated heterocycles. The molecule has 1 fully saturated rings. The molecule has 0 aliphatic carbocycles. The predicted octanol–water partition coefficient (Wildman–Crippen LogP) is 0.708. The van der Waals surface area contributed by atoms with Crippen molar-refractivity contribution in [1.29, 1.82) is 0 Å². The number of amides is 1. The monoisotopic (exact) mass is 365 g/mol. The van der Waals surface area contributed by atoms with Crippen LogP contribution >= 0.6 is 0 Å². The van der Waals surface area contributed by atoms with Gasteiger partial charge in [-0.3, -0.25) is 14.7 Å². The third-order valence-electron chi connectivity index (χ3n) is 4.25. The number of nitrogens with two attached hydrogens (primary N) is 1. The van der Waals surface area contributed by atoms with Gasteiger partial charge in [-0.25, -0.2) is 4.39 Å². The molecule has 0 bridgehead atoms. The third-order valence-corrected chi connectivity index (χ3v) is 4.25. The number of aliphatic imine (C=N–C) groups is 1. The summed E-state index contributed by atoms with van der Waals surface area (Å²) in [5.74, 6) is 0.260. The zero-order chi connectivity index (χ0) is 18.9. The summed E-state index contributed by atoms with van der Waals surface area (Å²) in [7, 11) is 1.71. The van der Waals surface area contributed by atoms with Crippen molar-refractivity contribution in [3.05, 3.63) is 30.1 Å². The average Bonchev–Trinajstić information content (AvgIpc) is 2.61. The molecule has 1 aliphatic heterocycles. The number of halogens is 1. The molecule has 1 aromatic rings. The van der Waals surface area contributed by atoms with Crippen molar-refractivity contribution < 1.29 is 13.9 Å². The number of benzene rings is 1. The number of nitrogens with zero attached hydrogens (tertiary/aromatic N) is 2. The number of nitrogens with one attached hydrogen (secondary N) is 2. The molecule has 0 saturated carbocycles. The van der Waals surface area contributed by atoms with Gasteiger partial charge in [-0.1, -0.05) is 12.1 Å². The van der Waals surface area contributed by atoms with Crippen molar-refractivity contribution in [1.82, 2.24) is 15.5 Å². The van der Waals surface area contributed by atoms with Crippen LogP contribution in [-0.2, 0) is 4.79 Å². The third kappa shape index (κ3) is 6.51. The van der Waals surface area contributed by atoms with E-state index in [9.17, 15) is 9.18 Å². The van der Waals surface area contributed by atoms with Crippen molar-refractivity contribution in [2.24, 2.45) is 10.7 Å². The quantitative estimate of drug-likeness (QED) is 0.489. The molecule has 0 aromatic heterocycles. The molecule has 1 atom stereocenters. The Morgan fingerprint density at radius 1 is 1.42 bits per heavy atom. The van der Waals surface area contributed by atoms with Crippen molar-refractivity contribution in [2.45, 2.75) is 31.9 Å². The number of guanidine groups is 1. The maximum absolute atomic E-state index is 13.6. The van der Waals surface area contributed by atoms with E-state index in [-0.39, 0.29) is 29.6 Å². The van der Waals surface area contributed by atoms with Crippen molar-refractivity contribution in [2.75, 3.05) is 33.2 Å². The van der Waals surface area contributed by atoms with Crippen molar-refractivity contribution in [3.8, 4) is 5.75 Å². The number of hydrogen-bond acceptors (Lipinski definition) is 4.